The monoisotopic (exact) mass is 689 g/mol. The van der Waals surface area contributed by atoms with Gasteiger partial charge in [0.1, 0.15) is 6.10 Å². The van der Waals surface area contributed by atoms with Gasteiger partial charge in [0.25, 0.3) is 0 Å². The molecule has 1 heterocycles. The maximum atomic E-state index is 14.3. The quantitative estimate of drug-likeness (QED) is 0.160. The molecule has 42 heavy (non-hydrogen) atoms. The summed E-state index contributed by atoms with van der Waals surface area (Å²) in [5.74, 6) is -0.816. The lowest BCUT2D eigenvalue weighted by atomic mass is 9.54. The van der Waals surface area contributed by atoms with Gasteiger partial charge < -0.3 is 4.74 Å². The van der Waals surface area contributed by atoms with Gasteiger partial charge in [-0.3, -0.25) is 9.59 Å². The molecule has 2 amide bonds. The molecule has 3 aromatic rings. The second-order valence-electron chi connectivity index (χ2n) is 12.8. The summed E-state index contributed by atoms with van der Waals surface area (Å²) in [6.45, 7) is 6.59. The molecule has 7 heteroatoms. The predicted molar refractivity (Wildman–Crippen MR) is 169 cm³/mol. The number of hydrogen-bond acceptors (Lipinski definition) is 4. The van der Waals surface area contributed by atoms with Gasteiger partial charge in [0.15, 0.2) is 0 Å². The average molecular weight is 691 g/mol. The number of imide groups is 1. The normalized spacial score (nSPS) is 32.9. The Morgan fingerprint density at radius 1 is 0.810 bits per heavy atom. The van der Waals surface area contributed by atoms with Crippen molar-refractivity contribution in [3.8, 4) is 0 Å². The molecule has 5 nitrogen and oxygen atoms in total. The fourth-order valence-electron chi connectivity index (χ4n) is 8.12. The van der Waals surface area contributed by atoms with E-state index in [1.807, 2.05) is 48.5 Å². The van der Waals surface area contributed by atoms with Crippen LogP contribution in [0.2, 0.25) is 0 Å². The van der Waals surface area contributed by atoms with Crippen LogP contribution in [0.5, 0.6) is 0 Å². The number of halogens is 2. The summed E-state index contributed by atoms with van der Waals surface area (Å²) >= 11 is 8.09. The number of anilines is 1. The number of rotatable bonds is 4. The first kappa shape index (κ1) is 28.0. The van der Waals surface area contributed by atoms with Gasteiger partial charge >= 0.3 is 5.97 Å². The van der Waals surface area contributed by atoms with Crippen LogP contribution in [0.3, 0.4) is 0 Å². The van der Waals surface area contributed by atoms with Gasteiger partial charge in [-0.2, -0.15) is 0 Å². The summed E-state index contributed by atoms with van der Waals surface area (Å²) < 4.78 is 4.37. The first-order valence-corrected chi connectivity index (χ1v) is 16.4. The number of ether oxygens (including phenoxy) is 1. The van der Waals surface area contributed by atoms with Crippen molar-refractivity contribution in [2.24, 2.45) is 29.6 Å². The van der Waals surface area contributed by atoms with Gasteiger partial charge in [-0.25, -0.2) is 9.69 Å². The second kappa shape index (κ2) is 9.88. The molecule has 5 atom stereocenters. The Morgan fingerprint density at radius 2 is 1.29 bits per heavy atom. The zero-order valence-electron chi connectivity index (χ0n) is 23.8. The van der Waals surface area contributed by atoms with E-state index in [4.69, 9.17) is 4.74 Å². The Hall–Kier alpha value is -2.77. The highest BCUT2D eigenvalue weighted by molar-refractivity contribution is 9.10. The van der Waals surface area contributed by atoms with E-state index in [1.165, 1.54) is 4.90 Å². The molecule has 1 saturated heterocycles. The molecular formula is C35H33Br2NO4. The highest BCUT2D eigenvalue weighted by atomic mass is 79.9. The van der Waals surface area contributed by atoms with Crippen molar-refractivity contribution >= 4 is 55.3 Å². The van der Waals surface area contributed by atoms with Crippen molar-refractivity contribution in [1.29, 1.82) is 0 Å². The maximum absolute atomic E-state index is 14.3. The molecule has 0 aromatic heterocycles. The van der Waals surface area contributed by atoms with Gasteiger partial charge in [-0.1, -0.05) is 108 Å². The van der Waals surface area contributed by atoms with Gasteiger partial charge in [0, 0.05) is 0 Å². The molecule has 2 fully saturated rings. The van der Waals surface area contributed by atoms with Crippen LogP contribution < -0.4 is 4.90 Å². The van der Waals surface area contributed by atoms with Crippen molar-refractivity contribution in [2.75, 3.05) is 4.90 Å². The van der Waals surface area contributed by atoms with Crippen molar-refractivity contribution in [1.82, 2.24) is 0 Å². The van der Waals surface area contributed by atoms with Crippen molar-refractivity contribution in [2.45, 2.75) is 54.8 Å². The van der Waals surface area contributed by atoms with Gasteiger partial charge in [-0.15, -0.1) is 0 Å². The molecule has 0 radical (unpaired) electrons. The fourth-order valence-corrected chi connectivity index (χ4v) is 10.4. The largest absolute Gasteiger partial charge is 0.458 e. The number of benzene rings is 3. The van der Waals surface area contributed by atoms with Gasteiger partial charge in [-0.05, 0) is 77.1 Å². The summed E-state index contributed by atoms with van der Waals surface area (Å²) in [6.07, 6.45) is 3.00. The van der Waals surface area contributed by atoms with E-state index in [-0.39, 0.29) is 23.9 Å². The van der Waals surface area contributed by atoms with Crippen LogP contribution in [-0.2, 0) is 23.0 Å². The molecule has 8 rings (SSSR count). The molecule has 0 N–H and O–H groups in total. The SMILES string of the molecule is CC(C)[C@H]1CC[C@@H](C)C[C@@H]1OC(=O)c1ccc(N2C(=O)[C@@H]3[C@H](C2=O)C2(Br)c4ccccc4C3(Br)c3ccccc32)cc1. The van der Waals surface area contributed by atoms with E-state index in [0.29, 0.717) is 29.0 Å². The molecule has 5 aliphatic rings. The minimum Gasteiger partial charge on any atom is -0.458 e. The second-order valence-corrected chi connectivity index (χ2v) is 15.3. The molecule has 216 valence electrons. The third-order valence-corrected chi connectivity index (χ3v) is 12.9. The Labute approximate surface area is 263 Å². The smallest absolute Gasteiger partial charge is 0.338 e. The minimum atomic E-state index is -0.838. The lowest BCUT2D eigenvalue weighted by Gasteiger charge is -2.55. The Kier molecular flexibility index (Phi) is 6.59. The fraction of sp³-hybridized carbons (Fsp3) is 0.400. The highest BCUT2D eigenvalue weighted by Gasteiger charge is 2.72. The van der Waals surface area contributed by atoms with Crippen molar-refractivity contribution in [3.63, 3.8) is 0 Å². The first-order valence-electron chi connectivity index (χ1n) is 14.8. The molecule has 0 unspecified atom stereocenters. The van der Waals surface area contributed by atoms with E-state index >= 15 is 0 Å². The molecular weight excluding hydrogens is 658 g/mol. The number of amides is 2. The Balaban J connectivity index is 1.21. The predicted octanol–water partition coefficient (Wildman–Crippen LogP) is 7.71. The van der Waals surface area contributed by atoms with E-state index in [1.54, 1.807) is 24.3 Å². The van der Waals surface area contributed by atoms with Crippen LogP contribution >= 0.6 is 31.9 Å². The molecule has 4 aliphatic carbocycles. The average Bonchev–Trinajstić information content (AvgIpc) is 3.26. The van der Waals surface area contributed by atoms with Crippen LogP contribution in [0, 0.1) is 29.6 Å². The number of esters is 1. The van der Waals surface area contributed by atoms with E-state index < -0.39 is 20.5 Å². The number of hydrogen-bond donors (Lipinski definition) is 0. The molecule has 1 aliphatic heterocycles. The van der Waals surface area contributed by atoms with Gasteiger partial charge in [0.2, 0.25) is 11.8 Å². The topological polar surface area (TPSA) is 63.7 Å². The van der Waals surface area contributed by atoms with Crippen LogP contribution in [0.25, 0.3) is 0 Å². The lowest BCUT2D eigenvalue weighted by Crippen LogP contribution is -2.56. The summed E-state index contributed by atoms with van der Waals surface area (Å²) in [7, 11) is 0. The van der Waals surface area contributed by atoms with E-state index in [0.717, 1.165) is 41.5 Å². The number of nitrogens with zero attached hydrogens (tertiary/aromatic N) is 1. The van der Waals surface area contributed by atoms with Crippen molar-refractivity contribution in [3.05, 3.63) is 101 Å². The summed E-state index contributed by atoms with van der Waals surface area (Å²) in [4.78, 5) is 43.1. The Morgan fingerprint density at radius 3 is 1.74 bits per heavy atom. The van der Waals surface area contributed by atoms with Gasteiger partial charge in [0.05, 0.1) is 31.7 Å². The zero-order chi connectivity index (χ0) is 29.6. The van der Waals surface area contributed by atoms with Crippen LogP contribution in [0.1, 0.15) is 72.6 Å². The van der Waals surface area contributed by atoms with E-state index in [2.05, 4.69) is 52.6 Å². The standard InChI is InChI=1S/C35H33Br2NO4/c1-19(2)23-17-12-20(3)18-28(23)42-33(41)21-13-15-22(16-14-21)38-31(39)29-30(32(38)40)35(37)25-9-5-4-8-24(25)34(29,36)26-10-6-7-11-27(26)35/h4-11,13-16,19-20,23,28-30H,12,17-18H2,1-3H3/t20-,23-,28+,29-,30+,34?,35?/m1/s1. The highest BCUT2D eigenvalue weighted by Crippen LogP contribution is 2.70. The third kappa shape index (κ3) is 3.75. The number of carbonyl (C=O) groups is 3. The maximum Gasteiger partial charge on any atom is 0.338 e. The first-order chi connectivity index (χ1) is 20.1. The summed E-state index contributed by atoms with van der Waals surface area (Å²) in [5, 5.41) is 0. The lowest BCUT2D eigenvalue weighted by molar-refractivity contribution is -0.122. The van der Waals surface area contributed by atoms with Crippen LogP contribution in [0.4, 0.5) is 5.69 Å². The number of alkyl halides is 2. The van der Waals surface area contributed by atoms with Crippen LogP contribution in [0.15, 0.2) is 72.8 Å². The zero-order valence-corrected chi connectivity index (χ0v) is 27.0. The van der Waals surface area contributed by atoms with E-state index in [9.17, 15) is 14.4 Å². The number of carbonyl (C=O) groups excluding carboxylic acids is 3. The minimum absolute atomic E-state index is 0.102. The Bertz CT molecular complexity index is 1490. The molecule has 2 bridgehead atoms. The third-order valence-electron chi connectivity index (χ3n) is 10.2. The molecule has 3 aromatic carbocycles. The van der Waals surface area contributed by atoms with Crippen molar-refractivity contribution < 1.29 is 19.1 Å². The molecule has 0 spiro atoms. The summed E-state index contributed by atoms with van der Waals surface area (Å²) in [6, 6.07) is 22.8. The summed E-state index contributed by atoms with van der Waals surface area (Å²) in [5.41, 5.74) is 4.88. The van der Waals surface area contributed by atoms with Crippen LogP contribution in [-0.4, -0.2) is 23.9 Å². The molecule has 1 saturated carbocycles.